The largest absolute Gasteiger partial charge is 0.331 e. The van der Waals surface area contributed by atoms with E-state index in [-0.39, 0.29) is 6.03 Å². The van der Waals surface area contributed by atoms with Crippen molar-refractivity contribution in [3.63, 3.8) is 0 Å². The van der Waals surface area contributed by atoms with E-state index >= 15 is 0 Å². The molecule has 2 amide bonds. The Morgan fingerprint density at radius 3 is 2.90 bits per heavy atom. The summed E-state index contributed by atoms with van der Waals surface area (Å²) in [6.07, 6.45) is 6.83. The van der Waals surface area contributed by atoms with Gasteiger partial charge in [-0.05, 0) is 28.7 Å². The first kappa shape index (κ1) is 13.8. The lowest BCUT2D eigenvalue weighted by Crippen LogP contribution is -2.27. The summed E-state index contributed by atoms with van der Waals surface area (Å²) < 4.78 is 4.18. The van der Waals surface area contributed by atoms with E-state index in [9.17, 15) is 4.79 Å². The SMILES string of the molecule is CN(C)C(=O)Nc1cnn(-c2cnn3ccc(I)nc23)c1. The van der Waals surface area contributed by atoms with Gasteiger partial charge in [-0.1, -0.05) is 0 Å². The Balaban J connectivity index is 1.95. The maximum atomic E-state index is 11.6. The van der Waals surface area contributed by atoms with E-state index in [0.29, 0.717) is 11.3 Å². The summed E-state index contributed by atoms with van der Waals surface area (Å²) in [5, 5.41) is 11.2. The lowest BCUT2D eigenvalue weighted by Gasteiger charge is -2.09. The molecule has 0 fully saturated rings. The smallest absolute Gasteiger partial charge is 0.321 e. The monoisotopic (exact) mass is 397 g/mol. The van der Waals surface area contributed by atoms with Crippen LogP contribution in [0.2, 0.25) is 0 Å². The van der Waals surface area contributed by atoms with Crippen molar-refractivity contribution in [1.82, 2.24) is 29.3 Å². The van der Waals surface area contributed by atoms with Crippen LogP contribution >= 0.6 is 22.6 Å². The molecule has 1 N–H and O–H groups in total. The van der Waals surface area contributed by atoms with Gasteiger partial charge < -0.3 is 10.2 Å². The number of anilines is 1. The first-order chi connectivity index (χ1) is 10.0. The predicted molar refractivity (Wildman–Crippen MR) is 85.5 cm³/mol. The molecule has 0 aromatic carbocycles. The van der Waals surface area contributed by atoms with E-state index in [1.165, 1.54) is 4.90 Å². The first-order valence-corrected chi connectivity index (χ1v) is 7.16. The van der Waals surface area contributed by atoms with Crippen LogP contribution in [0, 0.1) is 3.70 Å². The van der Waals surface area contributed by atoms with Crippen LogP contribution in [0.15, 0.2) is 30.9 Å². The molecule has 0 spiro atoms. The van der Waals surface area contributed by atoms with E-state index < -0.39 is 0 Å². The van der Waals surface area contributed by atoms with E-state index in [1.807, 2.05) is 12.3 Å². The van der Waals surface area contributed by atoms with Crippen LogP contribution in [0.5, 0.6) is 0 Å². The molecule has 0 saturated heterocycles. The second-order valence-electron chi connectivity index (χ2n) is 4.55. The molecule has 3 aromatic rings. The lowest BCUT2D eigenvalue weighted by atomic mass is 10.5. The molecule has 3 rings (SSSR count). The van der Waals surface area contributed by atoms with Gasteiger partial charge in [0.1, 0.15) is 9.39 Å². The number of hydrogen-bond donors (Lipinski definition) is 1. The number of nitrogens with one attached hydrogen (secondary N) is 1. The van der Waals surface area contributed by atoms with Crippen molar-refractivity contribution in [3.8, 4) is 5.69 Å². The Morgan fingerprint density at radius 1 is 1.33 bits per heavy atom. The fraction of sp³-hybridized carbons (Fsp3) is 0.167. The summed E-state index contributed by atoms with van der Waals surface area (Å²) in [7, 11) is 3.35. The molecule has 0 bridgehead atoms. The number of carbonyl (C=O) groups is 1. The topological polar surface area (TPSA) is 80.4 Å². The van der Waals surface area contributed by atoms with Crippen molar-refractivity contribution in [2.45, 2.75) is 0 Å². The van der Waals surface area contributed by atoms with Gasteiger partial charge in [-0.3, -0.25) is 0 Å². The van der Waals surface area contributed by atoms with Crippen LogP contribution in [-0.2, 0) is 0 Å². The standard InChI is InChI=1S/C12H12IN7O/c1-18(2)12(21)16-8-5-14-20(7-8)9-6-15-19-4-3-10(13)17-11(9)19/h3-7H,1-2H3,(H,16,21). The Labute approximate surface area is 133 Å². The minimum Gasteiger partial charge on any atom is -0.331 e. The highest BCUT2D eigenvalue weighted by Gasteiger charge is 2.11. The minimum absolute atomic E-state index is 0.206. The quantitative estimate of drug-likeness (QED) is 0.527. The second kappa shape index (κ2) is 5.31. The van der Waals surface area contributed by atoms with Gasteiger partial charge in [-0.2, -0.15) is 10.2 Å². The fourth-order valence-corrected chi connectivity index (χ4v) is 2.14. The summed E-state index contributed by atoms with van der Waals surface area (Å²) in [4.78, 5) is 17.5. The van der Waals surface area contributed by atoms with Crippen LogP contribution in [-0.4, -0.2) is 49.4 Å². The number of rotatable bonds is 2. The molecule has 0 saturated carbocycles. The zero-order chi connectivity index (χ0) is 15.0. The van der Waals surface area contributed by atoms with Gasteiger partial charge in [0.25, 0.3) is 0 Å². The molecule has 0 radical (unpaired) electrons. The Hall–Kier alpha value is -2.17. The summed E-state index contributed by atoms with van der Waals surface area (Å²) in [5.41, 5.74) is 2.06. The number of halogens is 1. The van der Waals surface area contributed by atoms with Gasteiger partial charge in [-0.15, -0.1) is 0 Å². The molecule has 0 aliphatic heterocycles. The molecule has 0 atom stereocenters. The van der Waals surface area contributed by atoms with Gasteiger partial charge in [-0.25, -0.2) is 19.0 Å². The second-order valence-corrected chi connectivity index (χ2v) is 5.65. The molecular formula is C12H12IN7O. The van der Waals surface area contributed by atoms with Crippen molar-refractivity contribution in [1.29, 1.82) is 0 Å². The summed E-state index contributed by atoms with van der Waals surface area (Å²) in [6, 6.07) is 1.66. The third-order valence-electron chi connectivity index (χ3n) is 2.80. The molecule has 3 heterocycles. The van der Waals surface area contributed by atoms with Gasteiger partial charge in [0.2, 0.25) is 0 Å². The molecular weight excluding hydrogens is 385 g/mol. The minimum atomic E-state index is -0.206. The maximum absolute atomic E-state index is 11.6. The summed E-state index contributed by atoms with van der Waals surface area (Å²) >= 11 is 2.15. The van der Waals surface area contributed by atoms with Crippen molar-refractivity contribution >= 4 is 40.0 Å². The van der Waals surface area contributed by atoms with E-state index in [2.05, 4.69) is 43.1 Å². The molecule has 108 valence electrons. The number of carbonyl (C=O) groups excluding carboxylic acids is 1. The molecule has 8 nitrogen and oxygen atoms in total. The van der Waals surface area contributed by atoms with Crippen molar-refractivity contribution in [2.75, 3.05) is 19.4 Å². The average molecular weight is 397 g/mol. The van der Waals surface area contributed by atoms with Gasteiger partial charge in [0.05, 0.1) is 24.3 Å². The highest BCUT2D eigenvalue weighted by Crippen LogP contribution is 2.16. The van der Waals surface area contributed by atoms with Gasteiger partial charge >= 0.3 is 6.03 Å². The van der Waals surface area contributed by atoms with E-state index in [0.717, 1.165) is 9.39 Å². The van der Waals surface area contributed by atoms with Gasteiger partial charge in [0.15, 0.2) is 5.65 Å². The Bertz CT molecular complexity index is 807. The summed E-state index contributed by atoms with van der Waals surface area (Å²) in [5.74, 6) is 0. The van der Waals surface area contributed by atoms with Crippen LogP contribution in [0.25, 0.3) is 11.3 Å². The van der Waals surface area contributed by atoms with Crippen LogP contribution in [0.1, 0.15) is 0 Å². The number of amides is 2. The Kier molecular flexibility index (Phi) is 3.49. The number of fused-ring (bicyclic) bond motifs is 1. The summed E-state index contributed by atoms with van der Waals surface area (Å²) in [6.45, 7) is 0. The molecule has 3 aromatic heterocycles. The van der Waals surface area contributed by atoms with E-state index in [1.54, 1.807) is 41.9 Å². The predicted octanol–water partition coefficient (Wildman–Crippen LogP) is 1.61. The zero-order valence-corrected chi connectivity index (χ0v) is 13.5. The van der Waals surface area contributed by atoms with Crippen molar-refractivity contribution < 1.29 is 4.79 Å². The van der Waals surface area contributed by atoms with Crippen molar-refractivity contribution in [3.05, 3.63) is 34.6 Å². The Morgan fingerprint density at radius 2 is 2.14 bits per heavy atom. The molecule has 0 unspecified atom stereocenters. The lowest BCUT2D eigenvalue weighted by molar-refractivity contribution is 0.230. The van der Waals surface area contributed by atoms with Crippen molar-refractivity contribution in [2.24, 2.45) is 0 Å². The van der Waals surface area contributed by atoms with Crippen LogP contribution in [0.4, 0.5) is 10.5 Å². The highest BCUT2D eigenvalue weighted by molar-refractivity contribution is 14.1. The first-order valence-electron chi connectivity index (χ1n) is 6.08. The number of hydrogen-bond acceptors (Lipinski definition) is 4. The van der Waals surface area contributed by atoms with Crippen LogP contribution < -0.4 is 5.32 Å². The third-order valence-corrected chi connectivity index (χ3v) is 3.40. The number of nitrogens with zero attached hydrogens (tertiary/aromatic N) is 6. The van der Waals surface area contributed by atoms with E-state index in [4.69, 9.17) is 0 Å². The van der Waals surface area contributed by atoms with Crippen LogP contribution in [0.3, 0.4) is 0 Å². The molecule has 0 aliphatic carbocycles. The molecule has 21 heavy (non-hydrogen) atoms. The molecule has 0 aliphatic rings. The normalized spacial score (nSPS) is 10.8. The maximum Gasteiger partial charge on any atom is 0.321 e. The zero-order valence-electron chi connectivity index (χ0n) is 11.4. The number of urea groups is 1. The average Bonchev–Trinajstić information content (AvgIpc) is 3.04. The number of aromatic nitrogens is 5. The molecule has 9 heteroatoms. The fourth-order valence-electron chi connectivity index (χ4n) is 1.75. The van der Waals surface area contributed by atoms with Gasteiger partial charge in [0, 0.05) is 20.3 Å². The highest BCUT2D eigenvalue weighted by atomic mass is 127. The third kappa shape index (κ3) is 2.68.